The Morgan fingerprint density at radius 2 is 1.09 bits per heavy atom. The van der Waals surface area contributed by atoms with Crippen LogP contribution in [0.4, 0.5) is 0 Å². The third-order valence-electron chi connectivity index (χ3n) is 8.27. The van der Waals surface area contributed by atoms with Crippen LogP contribution in [0.25, 0.3) is 77.6 Å². The molecule has 0 atom stereocenters. The van der Waals surface area contributed by atoms with Gasteiger partial charge in [-0.25, -0.2) is 9.97 Å². The van der Waals surface area contributed by atoms with E-state index in [1.807, 2.05) is 55.2 Å². The summed E-state index contributed by atoms with van der Waals surface area (Å²) in [7, 11) is 0. The second kappa shape index (κ2) is 9.68. The van der Waals surface area contributed by atoms with E-state index in [4.69, 9.17) is 9.97 Å². The smallest absolute Gasteiger partial charge is 0.115 e. The first-order valence-electron chi connectivity index (χ1n) is 14.4. The average Bonchev–Trinajstić information content (AvgIpc) is 3.61. The van der Waals surface area contributed by atoms with Crippen molar-refractivity contribution in [2.24, 2.45) is 0 Å². The predicted molar refractivity (Wildman–Crippen MR) is 175 cm³/mol. The molecular formula is C37H23N7. The minimum absolute atomic E-state index is 0.896. The molecule has 0 unspecified atom stereocenters. The molecule has 44 heavy (non-hydrogen) atoms. The van der Waals surface area contributed by atoms with E-state index in [9.17, 15) is 0 Å². The molecule has 0 saturated carbocycles. The van der Waals surface area contributed by atoms with Crippen LogP contribution in [0.15, 0.2) is 140 Å². The van der Waals surface area contributed by atoms with Crippen molar-refractivity contribution in [3.63, 3.8) is 0 Å². The number of hydrogen-bond acceptors (Lipinski definition) is 5. The Morgan fingerprint density at radius 3 is 1.82 bits per heavy atom. The molecule has 3 aromatic carbocycles. The predicted octanol–water partition coefficient (Wildman–Crippen LogP) is 8.19. The maximum Gasteiger partial charge on any atom is 0.115 e. The van der Waals surface area contributed by atoms with Crippen LogP contribution in [0.2, 0.25) is 0 Å². The van der Waals surface area contributed by atoms with Gasteiger partial charge < -0.3 is 9.13 Å². The molecule has 0 amide bonds. The summed E-state index contributed by atoms with van der Waals surface area (Å²) in [5.74, 6) is 0. The Balaban J connectivity index is 1.27. The summed E-state index contributed by atoms with van der Waals surface area (Å²) in [5.41, 5.74) is 12.3. The van der Waals surface area contributed by atoms with Crippen molar-refractivity contribution in [1.82, 2.24) is 34.1 Å². The minimum atomic E-state index is 0.896. The topological polar surface area (TPSA) is 74.3 Å². The Labute approximate surface area is 251 Å². The molecule has 0 aliphatic heterocycles. The van der Waals surface area contributed by atoms with E-state index in [-0.39, 0.29) is 0 Å². The van der Waals surface area contributed by atoms with E-state index in [1.165, 1.54) is 0 Å². The second-order valence-electron chi connectivity index (χ2n) is 10.7. The maximum absolute atomic E-state index is 4.86. The van der Waals surface area contributed by atoms with Crippen molar-refractivity contribution in [2.75, 3.05) is 0 Å². The molecule has 7 heteroatoms. The molecule has 7 nitrogen and oxygen atoms in total. The molecule has 0 radical (unpaired) electrons. The van der Waals surface area contributed by atoms with E-state index in [2.05, 4.69) is 103 Å². The van der Waals surface area contributed by atoms with E-state index < -0.39 is 0 Å². The number of benzene rings is 3. The van der Waals surface area contributed by atoms with Gasteiger partial charge in [-0.2, -0.15) is 0 Å². The molecule has 0 N–H and O–H groups in total. The highest BCUT2D eigenvalue weighted by Crippen LogP contribution is 2.38. The highest BCUT2D eigenvalue weighted by molar-refractivity contribution is 6.11. The monoisotopic (exact) mass is 565 g/mol. The van der Waals surface area contributed by atoms with E-state index >= 15 is 0 Å². The fraction of sp³-hybridized carbons (Fsp3) is 0. The van der Waals surface area contributed by atoms with Gasteiger partial charge in [-0.1, -0.05) is 36.4 Å². The lowest BCUT2D eigenvalue weighted by Gasteiger charge is -2.11. The summed E-state index contributed by atoms with van der Waals surface area (Å²) < 4.78 is 4.46. The number of pyridine rings is 3. The summed E-state index contributed by atoms with van der Waals surface area (Å²) in [4.78, 5) is 22.8. The van der Waals surface area contributed by atoms with Crippen LogP contribution in [0.3, 0.4) is 0 Å². The largest absolute Gasteiger partial charge is 0.308 e. The van der Waals surface area contributed by atoms with E-state index in [1.54, 1.807) is 6.33 Å². The summed E-state index contributed by atoms with van der Waals surface area (Å²) in [6, 6.07) is 35.8. The van der Waals surface area contributed by atoms with Crippen molar-refractivity contribution in [3.05, 3.63) is 140 Å². The summed E-state index contributed by atoms with van der Waals surface area (Å²) in [5, 5.41) is 2.15. The van der Waals surface area contributed by atoms with Crippen LogP contribution in [0, 0.1) is 0 Å². The Morgan fingerprint density at radius 1 is 0.455 bits per heavy atom. The number of nitrogens with zero attached hydrogens (tertiary/aromatic N) is 7. The summed E-state index contributed by atoms with van der Waals surface area (Å²) >= 11 is 0. The number of fused-ring (bicyclic) bond motifs is 6. The molecule has 0 aliphatic carbocycles. The van der Waals surface area contributed by atoms with E-state index in [0.29, 0.717) is 0 Å². The van der Waals surface area contributed by atoms with Crippen LogP contribution in [0.1, 0.15) is 0 Å². The quantitative estimate of drug-likeness (QED) is 0.215. The highest BCUT2D eigenvalue weighted by atomic mass is 15.0. The third kappa shape index (κ3) is 3.66. The lowest BCUT2D eigenvalue weighted by atomic mass is 9.96. The van der Waals surface area contributed by atoms with Crippen molar-refractivity contribution < 1.29 is 0 Å². The molecule has 6 heterocycles. The van der Waals surface area contributed by atoms with Gasteiger partial charge in [0.05, 0.1) is 56.9 Å². The first-order valence-corrected chi connectivity index (χ1v) is 14.4. The molecule has 0 fully saturated rings. The fourth-order valence-corrected chi connectivity index (χ4v) is 6.41. The van der Waals surface area contributed by atoms with Crippen molar-refractivity contribution in [3.8, 4) is 33.8 Å². The van der Waals surface area contributed by atoms with Crippen molar-refractivity contribution in [1.29, 1.82) is 0 Å². The van der Waals surface area contributed by atoms with E-state index in [0.717, 1.165) is 77.6 Å². The molecule has 6 aromatic heterocycles. The third-order valence-corrected chi connectivity index (χ3v) is 8.27. The number of hydrogen-bond donors (Lipinski definition) is 0. The Hall–Kier alpha value is -6.21. The standard InChI is InChI=1S/C37H23N7/c1-2-8-28(31-9-3-4-16-40-31)27(7-1)24-12-14-32-29(19-24)36-34(10-5-17-41-36)43(32)25-13-15-33-30(20-25)37-35(11-6-18-42-37)44(33)26-21-38-23-39-22-26/h1-23H. The van der Waals surface area contributed by atoms with Gasteiger partial charge in [-0.3, -0.25) is 15.0 Å². The summed E-state index contributed by atoms with van der Waals surface area (Å²) in [6.07, 6.45) is 10.7. The maximum atomic E-state index is 4.86. The molecule has 0 saturated heterocycles. The second-order valence-corrected chi connectivity index (χ2v) is 10.7. The lowest BCUT2D eigenvalue weighted by Crippen LogP contribution is -1.96. The van der Waals surface area contributed by atoms with Crippen molar-refractivity contribution in [2.45, 2.75) is 0 Å². The van der Waals surface area contributed by atoms with Gasteiger partial charge in [0.2, 0.25) is 0 Å². The summed E-state index contributed by atoms with van der Waals surface area (Å²) in [6.45, 7) is 0. The highest BCUT2D eigenvalue weighted by Gasteiger charge is 2.18. The zero-order chi connectivity index (χ0) is 29.0. The van der Waals surface area contributed by atoms with Crippen LogP contribution in [0.5, 0.6) is 0 Å². The van der Waals surface area contributed by atoms with Crippen molar-refractivity contribution >= 4 is 43.9 Å². The average molecular weight is 566 g/mol. The van der Waals surface area contributed by atoms with Crippen LogP contribution >= 0.6 is 0 Å². The normalized spacial score (nSPS) is 11.6. The molecule has 0 spiro atoms. The molecule has 9 rings (SSSR count). The molecule has 0 aliphatic rings. The molecular weight excluding hydrogens is 542 g/mol. The van der Waals surface area contributed by atoms with Crippen LogP contribution < -0.4 is 0 Å². The fourth-order valence-electron chi connectivity index (χ4n) is 6.41. The molecule has 206 valence electrons. The molecule has 0 bridgehead atoms. The van der Waals surface area contributed by atoms with Crippen LogP contribution in [-0.2, 0) is 0 Å². The first-order chi connectivity index (χ1) is 21.8. The molecule has 9 aromatic rings. The van der Waals surface area contributed by atoms with Gasteiger partial charge in [0.25, 0.3) is 0 Å². The Bertz CT molecular complexity index is 2500. The number of aromatic nitrogens is 7. The van der Waals surface area contributed by atoms with Gasteiger partial charge in [-0.05, 0) is 77.9 Å². The van der Waals surface area contributed by atoms with Gasteiger partial charge >= 0.3 is 0 Å². The van der Waals surface area contributed by atoms with Gasteiger partial charge in [0, 0.05) is 40.6 Å². The van der Waals surface area contributed by atoms with Gasteiger partial charge in [0.1, 0.15) is 6.33 Å². The first kappa shape index (κ1) is 24.4. The SMILES string of the molecule is c1ccc(-c2ccccc2-c2ccc3c(c2)c2ncccc2n3-c2ccc3c(c2)c2ncccc2n3-c2cncnc2)nc1. The minimum Gasteiger partial charge on any atom is -0.308 e. The zero-order valence-corrected chi connectivity index (χ0v) is 23.4. The zero-order valence-electron chi connectivity index (χ0n) is 23.4. The lowest BCUT2D eigenvalue weighted by molar-refractivity contribution is 1.07. The van der Waals surface area contributed by atoms with Crippen LogP contribution in [-0.4, -0.2) is 34.1 Å². The number of rotatable bonds is 4. The van der Waals surface area contributed by atoms with Gasteiger partial charge in [-0.15, -0.1) is 0 Å². The van der Waals surface area contributed by atoms with Gasteiger partial charge in [0.15, 0.2) is 0 Å². The Kier molecular flexibility index (Phi) is 5.36.